The van der Waals surface area contributed by atoms with Crippen molar-refractivity contribution in [3.05, 3.63) is 70.8 Å². The average molecular weight is 311 g/mol. The molecule has 4 nitrogen and oxygen atoms in total. The minimum atomic E-state index is -0.988. The van der Waals surface area contributed by atoms with Crippen LogP contribution in [-0.2, 0) is 11.2 Å². The summed E-state index contributed by atoms with van der Waals surface area (Å²) >= 11 is 0. The van der Waals surface area contributed by atoms with Crippen LogP contribution in [0.25, 0.3) is 0 Å². The second-order valence-electron chi connectivity index (χ2n) is 5.62. The first-order valence-corrected chi connectivity index (χ1v) is 7.67. The third kappa shape index (κ3) is 4.68. The third-order valence-corrected chi connectivity index (χ3v) is 3.76. The molecule has 23 heavy (non-hydrogen) atoms. The van der Waals surface area contributed by atoms with Crippen LogP contribution in [0.15, 0.2) is 48.5 Å². The van der Waals surface area contributed by atoms with Gasteiger partial charge in [0.15, 0.2) is 0 Å². The van der Waals surface area contributed by atoms with Gasteiger partial charge in [-0.2, -0.15) is 0 Å². The Morgan fingerprint density at radius 1 is 1.13 bits per heavy atom. The molecule has 2 aromatic carbocycles. The van der Waals surface area contributed by atoms with Gasteiger partial charge in [-0.1, -0.05) is 48.9 Å². The molecule has 1 amide bonds. The van der Waals surface area contributed by atoms with E-state index in [1.165, 1.54) is 17.7 Å². The number of aryl methyl sites for hydroxylation is 1. The van der Waals surface area contributed by atoms with Crippen LogP contribution in [0.3, 0.4) is 0 Å². The van der Waals surface area contributed by atoms with Crippen LogP contribution < -0.4 is 5.32 Å². The molecule has 0 spiro atoms. The molecule has 1 atom stereocenters. The molecule has 0 heterocycles. The Morgan fingerprint density at radius 3 is 2.43 bits per heavy atom. The topological polar surface area (TPSA) is 66.4 Å². The van der Waals surface area contributed by atoms with Gasteiger partial charge in [-0.15, -0.1) is 0 Å². The first kappa shape index (κ1) is 16.7. The molecule has 0 aliphatic heterocycles. The van der Waals surface area contributed by atoms with Crippen LogP contribution >= 0.6 is 0 Å². The monoisotopic (exact) mass is 311 g/mol. The Labute approximate surface area is 136 Å². The summed E-state index contributed by atoms with van der Waals surface area (Å²) in [5.74, 6) is -1.10. The van der Waals surface area contributed by atoms with Crippen LogP contribution in [0.1, 0.15) is 46.4 Å². The standard InChI is InChI=1S/C19H21NO3/c1-3-17(15-9-7-13(2)8-10-15)20-18(21)12-14-5-4-6-16(11-14)19(22)23/h4-11,17H,3,12H2,1-2H3,(H,20,21)(H,22,23). The van der Waals surface area contributed by atoms with E-state index in [2.05, 4.69) is 5.32 Å². The van der Waals surface area contributed by atoms with Gasteiger partial charge in [0.1, 0.15) is 0 Å². The highest BCUT2D eigenvalue weighted by molar-refractivity contribution is 5.88. The predicted molar refractivity (Wildman–Crippen MR) is 89.5 cm³/mol. The number of carbonyl (C=O) groups is 2. The molecule has 2 aromatic rings. The second-order valence-corrected chi connectivity index (χ2v) is 5.62. The maximum absolute atomic E-state index is 12.2. The van der Waals surface area contributed by atoms with Crippen LogP contribution in [0.2, 0.25) is 0 Å². The molecule has 2 N–H and O–H groups in total. The Bertz CT molecular complexity index is 692. The zero-order valence-electron chi connectivity index (χ0n) is 13.4. The summed E-state index contributed by atoms with van der Waals surface area (Å²) in [6.07, 6.45) is 0.966. The summed E-state index contributed by atoms with van der Waals surface area (Å²) in [7, 11) is 0. The highest BCUT2D eigenvalue weighted by Gasteiger charge is 2.13. The summed E-state index contributed by atoms with van der Waals surface area (Å²) < 4.78 is 0. The van der Waals surface area contributed by atoms with E-state index < -0.39 is 5.97 Å². The molecule has 0 aromatic heterocycles. The van der Waals surface area contributed by atoms with E-state index in [1.54, 1.807) is 12.1 Å². The van der Waals surface area contributed by atoms with E-state index in [0.717, 1.165) is 12.0 Å². The average Bonchev–Trinajstić information content (AvgIpc) is 2.53. The molecule has 0 aliphatic carbocycles. The normalized spacial score (nSPS) is 11.7. The Kier molecular flexibility index (Phi) is 5.52. The third-order valence-electron chi connectivity index (χ3n) is 3.76. The number of nitrogens with one attached hydrogen (secondary N) is 1. The highest BCUT2D eigenvalue weighted by Crippen LogP contribution is 2.17. The van der Waals surface area contributed by atoms with E-state index in [1.807, 2.05) is 38.1 Å². The molecular formula is C19H21NO3. The van der Waals surface area contributed by atoms with Crippen LogP contribution in [-0.4, -0.2) is 17.0 Å². The first-order chi connectivity index (χ1) is 11.0. The lowest BCUT2D eigenvalue weighted by molar-refractivity contribution is -0.121. The minimum Gasteiger partial charge on any atom is -0.478 e. The maximum Gasteiger partial charge on any atom is 0.335 e. The second kappa shape index (κ2) is 7.58. The summed E-state index contributed by atoms with van der Waals surface area (Å²) in [5.41, 5.74) is 3.15. The molecule has 0 fully saturated rings. The predicted octanol–water partition coefficient (Wildman–Crippen LogP) is 3.50. The fourth-order valence-electron chi connectivity index (χ4n) is 2.46. The zero-order chi connectivity index (χ0) is 16.8. The van der Waals surface area contributed by atoms with Gasteiger partial charge in [0.05, 0.1) is 18.0 Å². The van der Waals surface area contributed by atoms with Gasteiger partial charge < -0.3 is 10.4 Å². The zero-order valence-corrected chi connectivity index (χ0v) is 13.4. The van der Waals surface area contributed by atoms with E-state index in [4.69, 9.17) is 5.11 Å². The number of carbonyl (C=O) groups excluding carboxylic acids is 1. The van der Waals surface area contributed by atoms with Gasteiger partial charge >= 0.3 is 5.97 Å². The smallest absolute Gasteiger partial charge is 0.335 e. The van der Waals surface area contributed by atoms with Crippen molar-refractivity contribution >= 4 is 11.9 Å². The summed E-state index contributed by atoms with van der Waals surface area (Å²) in [4.78, 5) is 23.2. The summed E-state index contributed by atoms with van der Waals surface area (Å²) in [5, 5.41) is 12.0. The number of benzene rings is 2. The number of hydrogen-bond acceptors (Lipinski definition) is 2. The molecule has 1 unspecified atom stereocenters. The molecule has 120 valence electrons. The van der Waals surface area contributed by atoms with Gasteiger partial charge in [0.25, 0.3) is 0 Å². The van der Waals surface area contributed by atoms with Crippen LogP contribution in [0.5, 0.6) is 0 Å². The van der Waals surface area contributed by atoms with E-state index in [9.17, 15) is 9.59 Å². The van der Waals surface area contributed by atoms with E-state index >= 15 is 0 Å². The number of carboxylic acids is 1. The largest absolute Gasteiger partial charge is 0.478 e. The fraction of sp³-hybridized carbons (Fsp3) is 0.263. The Hall–Kier alpha value is -2.62. The quantitative estimate of drug-likeness (QED) is 0.858. The van der Waals surface area contributed by atoms with Gasteiger partial charge in [-0.3, -0.25) is 4.79 Å². The van der Waals surface area contributed by atoms with Crippen molar-refractivity contribution in [2.75, 3.05) is 0 Å². The highest BCUT2D eigenvalue weighted by atomic mass is 16.4. The van der Waals surface area contributed by atoms with Gasteiger partial charge in [0.2, 0.25) is 5.91 Å². The van der Waals surface area contributed by atoms with Crippen molar-refractivity contribution in [1.82, 2.24) is 5.32 Å². The summed E-state index contributed by atoms with van der Waals surface area (Å²) in [6.45, 7) is 4.05. The van der Waals surface area contributed by atoms with Crippen LogP contribution in [0, 0.1) is 6.92 Å². The molecule has 0 radical (unpaired) electrons. The number of hydrogen-bond donors (Lipinski definition) is 2. The first-order valence-electron chi connectivity index (χ1n) is 7.67. The molecule has 4 heteroatoms. The van der Waals surface area contributed by atoms with Crippen molar-refractivity contribution in [2.24, 2.45) is 0 Å². The number of amides is 1. The van der Waals surface area contributed by atoms with E-state index in [0.29, 0.717) is 5.56 Å². The molecule has 0 saturated carbocycles. The number of carboxylic acid groups (broad SMARTS) is 1. The SMILES string of the molecule is CCC(NC(=O)Cc1cccc(C(=O)O)c1)c1ccc(C)cc1. The van der Waals surface area contributed by atoms with Crippen molar-refractivity contribution in [3.8, 4) is 0 Å². The number of rotatable bonds is 6. The lowest BCUT2D eigenvalue weighted by Gasteiger charge is -2.18. The molecule has 2 rings (SSSR count). The molecule has 0 saturated heterocycles. The molecule has 0 bridgehead atoms. The Morgan fingerprint density at radius 2 is 1.83 bits per heavy atom. The summed E-state index contributed by atoms with van der Waals surface area (Å²) in [6, 6.07) is 14.5. The van der Waals surface area contributed by atoms with Crippen molar-refractivity contribution in [1.29, 1.82) is 0 Å². The van der Waals surface area contributed by atoms with Crippen molar-refractivity contribution in [3.63, 3.8) is 0 Å². The molecule has 0 aliphatic rings. The van der Waals surface area contributed by atoms with Crippen molar-refractivity contribution in [2.45, 2.75) is 32.7 Å². The van der Waals surface area contributed by atoms with Crippen LogP contribution in [0.4, 0.5) is 0 Å². The van der Waals surface area contributed by atoms with Gasteiger partial charge in [0, 0.05) is 0 Å². The Balaban J connectivity index is 2.04. The number of aromatic carboxylic acids is 1. The van der Waals surface area contributed by atoms with Gasteiger partial charge in [-0.05, 0) is 36.6 Å². The maximum atomic E-state index is 12.2. The minimum absolute atomic E-state index is 0.0363. The van der Waals surface area contributed by atoms with Gasteiger partial charge in [-0.25, -0.2) is 4.79 Å². The fourth-order valence-corrected chi connectivity index (χ4v) is 2.46. The van der Waals surface area contributed by atoms with E-state index in [-0.39, 0.29) is 23.9 Å². The van der Waals surface area contributed by atoms with Crippen molar-refractivity contribution < 1.29 is 14.7 Å². The lowest BCUT2D eigenvalue weighted by atomic mass is 10.0. The molecular weight excluding hydrogens is 290 g/mol. The lowest BCUT2D eigenvalue weighted by Crippen LogP contribution is -2.29.